The van der Waals surface area contributed by atoms with Gasteiger partial charge in [-0.25, -0.2) is 0 Å². The minimum Gasteiger partial charge on any atom is -0.387 e. The Labute approximate surface area is 131 Å². The largest absolute Gasteiger partial charge is 0.387 e. The quantitative estimate of drug-likeness (QED) is 0.780. The summed E-state index contributed by atoms with van der Waals surface area (Å²) in [6.07, 6.45) is 4.49. The summed E-state index contributed by atoms with van der Waals surface area (Å²) in [7, 11) is 0. The Bertz CT molecular complexity index is 503. The lowest BCUT2D eigenvalue weighted by molar-refractivity contribution is 0.0562. The van der Waals surface area contributed by atoms with Crippen LogP contribution < -0.4 is 15.5 Å². The predicted octanol–water partition coefficient (Wildman–Crippen LogP) is 1.13. The normalized spacial score (nSPS) is 25.2. The molecule has 2 aliphatic rings. The maximum absolute atomic E-state index is 12.2. The van der Waals surface area contributed by atoms with E-state index >= 15 is 0 Å². The summed E-state index contributed by atoms with van der Waals surface area (Å²) in [5.41, 5.74) is 1.04. The Hall–Kier alpha value is -1.59. The van der Waals surface area contributed by atoms with Gasteiger partial charge in [0.25, 0.3) is 5.91 Å². The first kappa shape index (κ1) is 15.3. The van der Waals surface area contributed by atoms with Gasteiger partial charge in [-0.1, -0.05) is 0 Å². The topological polar surface area (TPSA) is 64.6 Å². The molecule has 22 heavy (non-hydrogen) atoms. The van der Waals surface area contributed by atoms with Crippen molar-refractivity contribution in [1.82, 2.24) is 10.6 Å². The third-order valence-corrected chi connectivity index (χ3v) is 4.65. The van der Waals surface area contributed by atoms with Crippen molar-refractivity contribution in [2.24, 2.45) is 0 Å². The summed E-state index contributed by atoms with van der Waals surface area (Å²) >= 11 is 0. The number of amides is 1. The summed E-state index contributed by atoms with van der Waals surface area (Å²) in [4.78, 5) is 14.5. The van der Waals surface area contributed by atoms with E-state index in [1.807, 2.05) is 24.3 Å². The van der Waals surface area contributed by atoms with Crippen LogP contribution in [0.4, 0.5) is 5.69 Å². The lowest BCUT2D eigenvalue weighted by Gasteiger charge is -2.28. The van der Waals surface area contributed by atoms with E-state index < -0.39 is 5.60 Å². The highest BCUT2D eigenvalue weighted by molar-refractivity contribution is 5.94. The minimum atomic E-state index is -0.802. The van der Waals surface area contributed by atoms with Crippen molar-refractivity contribution in [1.29, 1.82) is 0 Å². The van der Waals surface area contributed by atoms with Crippen LogP contribution in [0.2, 0.25) is 0 Å². The summed E-state index contributed by atoms with van der Waals surface area (Å²) in [6, 6.07) is 7.78. The average molecular weight is 303 g/mol. The van der Waals surface area contributed by atoms with Crippen molar-refractivity contribution < 1.29 is 9.90 Å². The molecule has 0 radical (unpaired) electrons. The average Bonchev–Trinajstić information content (AvgIpc) is 3.01. The molecule has 5 nitrogen and oxygen atoms in total. The van der Waals surface area contributed by atoms with E-state index in [2.05, 4.69) is 15.5 Å². The summed E-state index contributed by atoms with van der Waals surface area (Å²) in [6.45, 7) is 3.85. The van der Waals surface area contributed by atoms with Gasteiger partial charge in [-0.3, -0.25) is 4.79 Å². The molecule has 2 heterocycles. The number of rotatable bonds is 4. The van der Waals surface area contributed by atoms with E-state index in [0.717, 1.165) is 19.6 Å². The highest BCUT2D eigenvalue weighted by atomic mass is 16.3. The first-order valence-electron chi connectivity index (χ1n) is 8.23. The number of aliphatic hydroxyl groups is 1. The van der Waals surface area contributed by atoms with Crippen molar-refractivity contribution in [3.8, 4) is 0 Å². The van der Waals surface area contributed by atoms with Crippen LogP contribution in [0.15, 0.2) is 24.3 Å². The number of hydrogen-bond donors (Lipinski definition) is 3. The molecule has 1 amide bonds. The molecule has 2 aliphatic heterocycles. The van der Waals surface area contributed by atoms with Crippen LogP contribution in [0.25, 0.3) is 0 Å². The van der Waals surface area contributed by atoms with Gasteiger partial charge in [0.15, 0.2) is 0 Å². The standard InChI is InChI=1S/C17H25N3O2/c21-16(19-13-17(22)8-9-18-12-17)14-4-6-15(7-5-14)20-10-2-1-3-11-20/h4-7,18,22H,1-3,8-13H2,(H,19,21)/t17-/m1/s1. The first-order chi connectivity index (χ1) is 10.7. The third kappa shape index (κ3) is 3.59. The second-order valence-electron chi connectivity index (χ2n) is 6.43. The number of carbonyl (C=O) groups excluding carboxylic acids is 1. The number of nitrogens with one attached hydrogen (secondary N) is 2. The van der Waals surface area contributed by atoms with Crippen LogP contribution in [-0.2, 0) is 0 Å². The van der Waals surface area contributed by atoms with Crippen molar-refractivity contribution in [3.05, 3.63) is 29.8 Å². The SMILES string of the molecule is O=C(NC[C@@]1(O)CCNC1)c1ccc(N2CCCCC2)cc1. The zero-order valence-electron chi connectivity index (χ0n) is 13.0. The highest BCUT2D eigenvalue weighted by Crippen LogP contribution is 2.20. The van der Waals surface area contributed by atoms with Gasteiger partial charge in [0.1, 0.15) is 0 Å². The number of benzene rings is 1. The Balaban J connectivity index is 1.56. The van der Waals surface area contributed by atoms with Crippen LogP contribution >= 0.6 is 0 Å². The highest BCUT2D eigenvalue weighted by Gasteiger charge is 2.31. The third-order valence-electron chi connectivity index (χ3n) is 4.65. The van der Waals surface area contributed by atoms with Gasteiger partial charge in [0.05, 0.1) is 5.60 Å². The Morgan fingerprint density at radius 3 is 2.59 bits per heavy atom. The molecule has 5 heteroatoms. The monoisotopic (exact) mass is 303 g/mol. The van der Waals surface area contributed by atoms with Gasteiger partial charge in [-0.15, -0.1) is 0 Å². The van der Waals surface area contributed by atoms with Gasteiger partial charge >= 0.3 is 0 Å². The number of piperidine rings is 1. The molecule has 1 aromatic carbocycles. The van der Waals surface area contributed by atoms with Crippen LogP contribution in [-0.4, -0.2) is 49.3 Å². The molecule has 0 unspecified atom stereocenters. The van der Waals surface area contributed by atoms with Gasteiger partial charge in [-0.2, -0.15) is 0 Å². The van der Waals surface area contributed by atoms with E-state index in [1.54, 1.807) is 0 Å². The van der Waals surface area contributed by atoms with Crippen LogP contribution in [0.1, 0.15) is 36.0 Å². The molecule has 1 atom stereocenters. The van der Waals surface area contributed by atoms with Crippen molar-refractivity contribution in [3.63, 3.8) is 0 Å². The Kier molecular flexibility index (Phi) is 4.64. The fourth-order valence-corrected chi connectivity index (χ4v) is 3.20. The molecule has 2 saturated heterocycles. The van der Waals surface area contributed by atoms with Gasteiger partial charge in [-0.05, 0) is 56.5 Å². The van der Waals surface area contributed by atoms with Crippen molar-refractivity contribution in [2.75, 3.05) is 37.6 Å². The van der Waals surface area contributed by atoms with E-state index in [4.69, 9.17) is 0 Å². The number of nitrogens with zero attached hydrogens (tertiary/aromatic N) is 1. The minimum absolute atomic E-state index is 0.120. The molecule has 120 valence electrons. The molecule has 0 aromatic heterocycles. The van der Waals surface area contributed by atoms with Crippen LogP contribution in [0, 0.1) is 0 Å². The Morgan fingerprint density at radius 2 is 1.95 bits per heavy atom. The fraction of sp³-hybridized carbons (Fsp3) is 0.588. The van der Waals surface area contributed by atoms with Crippen LogP contribution in [0.3, 0.4) is 0 Å². The van der Waals surface area contributed by atoms with Gasteiger partial charge in [0, 0.05) is 37.4 Å². The lowest BCUT2D eigenvalue weighted by Crippen LogP contribution is -2.44. The first-order valence-corrected chi connectivity index (χ1v) is 8.23. The number of anilines is 1. The molecule has 0 saturated carbocycles. The van der Waals surface area contributed by atoms with Gasteiger partial charge < -0.3 is 20.6 Å². The lowest BCUT2D eigenvalue weighted by atomic mass is 10.0. The predicted molar refractivity (Wildman–Crippen MR) is 87.3 cm³/mol. The van der Waals surface area contributed by atoms with E-state index in [-0.39, 0.29) is 5.91 Å². The second kappa shape index (κ2) is 6.67. The molecule has 3 N–H and O–H groups in total. The van der Waals surface area contributed by atoms with Crippen LogP contribution in [0.5, 0.6) is 0 Å². The molecule has 0 bridgehead atoms. The Morgan fingerprint density at radius 1 is 1.23 bits per heavy atom. The number of β-amino-alcohol motifs (C(OH)–C–C–N with tert-alkyl or cyclic N) is 1. The number of carbonyl (C=O) groups is 1. The number of hydrogen-bond acceptors (Lipinski definition) is 4. The molecule has 0 aliphatic carbocycles. The summed E-state index contributed by atoms with van der Waals surface area (Å²) in [5.74, 6) is -0.120. The second-order valence-corrected chi connectivity index (χ2v) is 6.43. The van der Waals surface area contributed by atoms with E-state index in [9.17, 15) is 9.90 Å². The zero-order valence-corrected chi connectivity index (χ0v) is 13.0. The molecular weight excluding hydrogens is 278 g/mol. The molecule has 2 fully saturated rings. The zero-order chi connectivity index (χ0) is 15.4. The molecule has 0 spiro atoms. The fourth-order valence-electron chi connectivity index (χ4n) is 3.20. The molecular formula is C17H25N3O2. The summed E-state index contributed by atoms with van der Waals surface area (Å²) in [5, 5.41) is 16.2. The van der Waals surface area contributed by atoms with E-state index in [1.165, 1.54) is 24.9 Å². The molecule has 3 rings (SSSR count). The summed E-state index contributed by atoms with van der Waals surface area (Å²) < 4.78 is 0. The van der Waals surface area contributed by atoms with Crippen molar-refractivity contribution >= 4 is 11.6 Å². The maximum Gasteiger partial charge on any atom is 0.251 e. The maximum atomic E-state index is 12.2. The van der Waals surface area contributed by atoms with Gasteiger partial charge in [0.2, 0.25) is 0 Å². The van der Waals surface area contributed by atoms with E-state index in [0.29, 0.717) is 25.1 Å². The smallest absolute Gasteiger partial charge is 0.251 e. The molecule has 1 aromatic rings. The van der Waals surface area contributed by atoms with Crippen molar-refractivity contribution in [2.45, 2.75) is 31.3 Å².